The Bertz CT molecular complexity index is 374. The molecule has 1 aromatic rings. The molecule has 0 fully saturated rings. The van der Waals surface area contributed by atoms with Gasteiger partial charge in [-0.05, 0) is 53.3 Å². The molecule has 0 atom stereocenters. The van der Waals surface area contributed by atoms with Crippen molar-refractivity contribution >= 4 is 22.6 Å². The van der Waals surface area contributed by atoms with Gasteiger partial charge in [-0.15, -0.1) is 0 Å². The first-order chi connectivity index (χ1) is 11.8. The lowest BCUT2D eigenvalue weighted by Gasteiger charge is -2.06. The van der Waals surface area contributed by atoms with Crippen molar-refractivity contribution in [3.05, 3.63) is 27.8 Å². The molecule has 138 valence electrons. The molecule has 24 heavy (non-hydrogen) atoms. The SMILES string of the molecule is CCCCCCCCCCCCCCCCOc1ccc([131I])cc1. The van der Waals surface area contributed by atoms with Gasteiger partial charge in [0.05, 0.1) is 6.61 Å². The summed E-state index contributed by atoms with van der Waals surface area (Å²) < 4.78 is 7.03. The van der Waals surface area contributed by atoms with Crippen LogP contribution in [0.15, 0.2) is 24.3 Å². The van der Waals surface area contributed by atoms with Crippen molar-refractivity contribution in [3.63, 3.8) is 0 Å². The maximum atomic E-state index is 5.76. The molecule has 0 saturated heterocycles. The molecule has 0 bridgehead atoms. The van der Waals surface area contributed by atoms with Crippen molar-refractivity contribution in [3.8, 4) is 5.75 Å². The molecule has 1 rings (SSSR count). The van der Waals surface area contributed by atoms with E-state index in [-0.39, 0.29) is 0 Å². The Morgan fingerprint density at radius 1 is 0.625 bits per heavy atom. The monoisotopic (exact) mass is 448 g/mol. The molecule has 0 aliphatic rings. The Labute approximate surface area is 164 Å². The van der Waals surface area contributed by atoms with E-state index in [0.717, 1.165) is 12.4 Å². The largest absolute Gasteiger partial charge is 0.494 e. The lowest BCUT2D eigenvalue weighted by atomic mass is 10.0. The number of benzene rings is 1. The fourth-order valence-corrected chi connectivity index (χ4v) is 3.38. The highest BCUT2D eigenvalue weighted by molar-refractivity contribution is 14.1. The predicted molar refractivity (Wildman–Crippen MR) is 115 cm³/mol. The van der Waals surface area contributed by atoms with Crippen LogP contribution in [0.5, 0.6) is 5.75 Å². The fraction of sp³-hybridized carbons (Fsp3) is 0.727. The van der Waals surface area contributed by atoms with Gasteiger partial charge in [0.1, 0.15) is 5.75 Å². The molecule has 0 aromatic heterocycles. The van der Waals surface area contributed by atoms with Crippen LogP contribution in [0.2, 0.25) is 0 Å². The van der Waals surface area contributed by atoms with Crippen molar-refractivity contribution in [1.29, 1.82) is 0 Å². The van der Waals surface area contributed by atoms with Crippen molar-refractivity contribution in [2.45, 2.75) is 96.8 Å². The lowest BCUT2D eigenvalue weighted by molar-refractivity contribution is 0.304. The van der Waals surface area contributed by atoms with Crippen LogP contribution < -0.4 is 4.74 Å². The minimum atomic E-state index is 0.860. The van der Waals surface area contributed by atoms with E-state index in [1.54, 1.807) is 0 Å². The maximum absolute atomic E-state index is 5.76. The molecular formula is C22H37IO. The average molecular weight is 448 g/mol. The predicted octanol–water partition coefficient (Wildman–Crippen LogP) is 8.15. The quantitative estimate of drug-likeness (QED) is 0.183. The normalized spacial score (nSPS) is 10.9. The Morgan fingerprint density at radius 3 is 1.50 bits per heavy atom. The third kappa shape index (κ3) is 13.1. The summed E-state index contributed by atoms with van der Waals surface area (Å²) in [5.41, 5.74) is 0. The highest BCUT2D eigenvalue weighted by Crippen LogP contribution is 2.15. The minimum Gasteiger partial charge on any atom is -0.494 e. The highest BCUT2D eigenvalue weighted by Gasteiger charge is 1.96. The molecular weight excluding hydrogens is 411 g/mol. The van der Waals surface area contributed by atoms with E-state index >= 15 is 0 Å². The van der Waals surface area contributed by atoms with E-state index in [4.69, 9.17) is 4.74 Å². The van der Waals surface area contributed by atoms with Gasteiger partial charge in [-0.25, -0.2) is 0 Å². The molecule has 0 N–H and O–H groups in total. The van der Waals surface area contributed by atoms with Gasteiger partial charge in [-0.2, -0.15) is 0 Å². The van der Waals surface area contributed by atoms with Gasteiger partial charge in [-0.1, -0.05) is 90.4 Å². The molecule has 0 radical (unpaired) electrons. The number of rotatable bonds is 16. The smallest absolute Gasteiger partial charge is 0.119 e. The number of hydrogen-bond donors (Lipinski definition) is 0. The van der Waals surface area contributed by atoms with E-state index in [1.165, 1.54) is 93.5 Å². The molecule has 2 heteroatoms. The van der Waals surface area contributed by atoms with Crippen molar-refractivity contribution < 1.29 is 4.74 Å². The van der Waals surface area contributed by atoms with Gasteiger partial charge in [0.2, 0.25) is 0 Å². The first kappa shape index (κ1) is 21.8. The molecule has 0 saturated carbocycles. The minimum absolute atomic E-state index is 0.860. The Kier molecular flexibility index (Phi) is 14.7. The second kappa shape index (κ2) is 16.2. The fourth-order valence-electron chi connectivity index (χ4n) is 3.02. The van der Waals surface area contributed by atoms with E-state index in [0.29, 0.717) is 0 Å². The summed E-state index contributed by atoms with van der Waals surface area (Å²) in [7, 11) is 0. The first-order valence-corrected chi connectivity index (χ1v) is 11.3. The van der Waals surface area contributed by atoms with Crippen molar-refractivity contribution in [1.82, 2.24) is 0 Å². The summed E-state index contributed by atoms with van der Waals surface area (Å²) in [6.07, 6.45) is 19.6. The van der Waals surface area contributed by atoms with Gasteiger partial charge < -0.3 is 4.74 Å². The molecule has 0 aliphatic carbocycles. The standard InChI is InChI=1S/C22H37IO/c1-2-3-4-5-6-7-8-9-10-11-12-13-14-15-20-24-22-18-16-21(23)17-19-22/h16-19H,2-15,20H2,1H3/i23+4. The van der Waals surface area contributed by atoms with Crippen LogP contribution in [0.4, 0.5) is 0 Å². The second-order valence-corrected chi connectivity index (χ2v) is 8.14. The van der Waals surface area contributed by atoms with Crippen LogP contribution in [-0.4, -0.2) is 6.61 Å². The zero-order valence-electron chi connectivity index (χ0n) is 15.7. The van der Waals surface area contributed by atoms with Crippen LogP contribution in [0.25, 0.3) is 0 Å². The summed E-state index contributed by atoms with van der Waals surface area (Å²) in [6, 6.07) is 8.32. The lowest BCUT2D eigenvalue weighted by Crippen LogP contribution is -1.97. The molecule has 0 aliphatic heterocycles. The molecule has 1 aromatic carbocycles. The summed E-state index contributed by atoms with van der Waals surface area (Å²) in [6.45, 7) is 3.15. The van der Waals surface area contributed by atoms with Crippen molar-refractivity contribution in [2.24, 2.45) is 0 Å². The Hall–Kier alpha value is -0.250. The van der Waals surface area contributed by atoms with Gasteiger partial charge in [0, 0.05) is 3.57 Å². The van der Waals surface area contributed by atoms with Gasteiger partial charge in [-0.3, -0.25) is 0 Å². The molecule has 0 spiro atoms. The van der Waals surface area contributed by atoms with Crippen LogP contribution in [-0.2, 0) is 0 Å². The third-order valence-corrected chi connectivity index (χ3v) is 5.30. The van der Waals surface area contributed by atoms with E-state index in [9.17, 15) is 0 Å². The molecule has 0 unspecified atom stereocenters. The Morgan fingerprint density at radius 2 is 1.04 bits per heavy atom. The second-order valence-electron chi connectivity index (χ2n) is 6.90. The maximum Gasteiger partial charge on any atom is 0.119 e. The van der Waals surface area contributed by atoms with Crippen LogP contribution in [0, 0.1) is 3.57 Å². The van der Waals surface area contributed by atoms with Crippen LogP contribution in [0.1, 0.15) is 96.8 Å². The summed E-state index contributed by atoms with van der Waals surface area (Å²) in [4.78, 5) is 0. The highest BCUT2D eigenvalue weighted by atomic mass is 131. The number of ether oxygens (including phenoxy) is 1. The van der Waals surface area contributed by atoms with Gasteiger partial charge >= 0.3 is 0 Å². The first-order valence-electron chi connectivity index (χ1n) is 10.2. The number of hydrogen-bond acceptors (Lipinski definition) is 1. The summed E-state index contributed by atoms with van der Waals surface area (Å²) >= 11 is 2.32. The van der Waals surface area contributed by atoms with Crippen LogP contribution >= 0.6 is 22.6 Å². The summed E-state index contributed by atoms with van der Waals surface area (Å²) in [5.74, 6) is 1.00. The zero-order chi connectivity index (χ0) is 17.3. The zero-order valence-corrected chi connectivity index (χ0v) is 17.9. The van der Waals surface area contributed by atoms with E-state index in [2.05, 4.69) is 53.8 Å². The molecule has 0 amide bonds. The summed E-state index contributed by atoms with van der Waals surface area (Å²) in [5, 5.41) is 0. The van der Waals surface area contributed by atoms with E-state index < -0.39 is 0 Å². The number of unbranched alkanes of at least 4 members (excludes halogenated alkanes) is 13. The molecule has 1 nitrogen and oxygen atoms in total. The van der Waals surface area contributed by atoms with Crippen LogP contribution in [0.3, 0.4) is 0 Å². The Balaban J connectivity index is 1.75. The molecule has 0 heterocycles. The topological polar surface area (TPSA) is 9.23 Å². The van der Waals surface area contributed by atoms with Crippen molar-refractivity contribution in [2.75, 3.05) is 6.61 Å². The van der Waals surface area contributed by atoms with E-state index in [1.807, 2.05) is 0 Å². The average Bonchev–Trinajstić information content (AvgIpc) is 2.60. The van der Waals surface area contributed by atoms with Gasteiger partial charge in [0.15, 0.2) is 0 Å². The van der Waals surface area contributed by atoms with Gasteiger partial charge in [0.25, 0.3) is 0 Å². The number of halogens is 1. The third-order valence-electron chi connectivity index (χ3n) is 4.58.